The summed E-state index contributed by atoms with van der Waals surface area (Å²) in [5.41, 5.74) is 3.91. The van der Waals surface area contributed by atoms with Crippen molar-refractivity contribution in [3.63, 3.8) is 0 Å². The van der Waals surface area contributed by atoms with Gasteiger partial charge in [0.1, 0.15) is 5.82 Å². The third-order valence-electron chi connectivity index (χ3n) is 8.63. The minimum absolute atomic E-state index is 0.0328. The predicted molar refractivity (Wildman–Crippen MR) is 149 cm³/mol. The van der Waals surface area contributed by atoms with E-state index >= 15 is 0 Å². The molecule has 2 amide bonds. The van der Waals surface area contributed by atoms with E-state index in [1.165, 1.54) is 17.1 Å². The number of aryl methyl sites for hydroxylation is 1. The molecule has 3 fully saturated rings. The second-order valence-corrected chi connectivity index (χ2v) is 11.8. The third kappa shape index (κ3) is 4.67. The Kier molecular flexibility index (Phi) is 6.15. The summed E-state index contributed by atoms with van der Waals surface area (Å²) in [6.45, 7) is 4.71. The van der Waals surface area contributed by atoms with E-state index < -0.39 is 5.82 Å². The van der Waals surface area contributed by atoms with Gasteiger partial charge in [-0.3, -0.25) is 14.5 Å². The molecule has 1 aliphatic heterocycles. The lowest BCUT2D eigenvalue weighted by atomic mass is 9.75. The Morgan fingerprint density at radius 1 is 1.17 bits per heavy atom. The molecule has 1 saturated heterocycles. The van der Waals surface area contributed by atoms with Crippen molar-refractivity contribution in [2.24, 2.45) is 11.8 Å². The lowest BCUT2D eigenvalue weighted by Crippen LogP contribution is -2.43. The van der Waals surface area contributed by atoms with E-state index in [1.807, 2.05) is 32.0 Å². The molecule has 10 nitrogen and oxygen atoms in total. The highest BCUT2D eigenvalue weighted by Gasteiger charge is 2.52. The van der Waals surface area contributed by atoms with Gasteiger partial charge < -0.3 is 5.32 Å². The Bertz CT molecular complexity index is 1680. The molecule has 4 aromatic rings. The average Bonchev–Trinajstić information content (AvgIpc) is 3.22. The highest BCUT2D eigenvalue weighted by Crippen LogP contribution is 2.47. The average molecular weight is 575 g/mol. The maximum atomic E-state index is 13.6. The molecule has 0 radical (unpaired) electrons. The van der Waals surface area contributed by atoms with E-state index in [2.05, 4.69) is 25.7 Å². The predicted octanol–water partition coefficient (Wildman–Crippen LogP) is 4.23. The van der Waals surface area contributed by atoms with Gasteiger partial charge in [0.2, 0.25) is 5.91 Å². The number of carbonyl (C=O) groups excluding carboxylic acids is 2. The molecule has 41 heavy (non-hydrogen) atoms. The number of fused-ring (bicyclic) bond motifs is 1. The lowest BCUT2D eigenvalue weighted by molar-refractivity contribution is -0.118. The van der Waals surface area contributed by atoms with Gasteiger partial charge in [-0.1, -0.05) is 16.8 Å². The van der Waals surface area contributed by atoms with Crippen LogP contribution >= 0.6 is 11.6 Å². The normalized spacial score (nSPS) is 23.7. The number of anilines is 1. The molecule has 2 aliphatic carbocycles. The number of hydrogen-bond donors (Lipinski definition) is 1. The van der Waals surface area contributed by atoms with Crippen molar-refractivity contribution in [2.75, 3.05) is 11.4 Å². The van der Waals surface area contributed by atoms with E-state index in [1.54, 1.807) is 28.0 Å². The monoisotopic (exact) mass is 574 g/mol. The summed E-state index contributed by atoms with van der Waals surface area (Å²) in [5.74, 6) is 0.981. The molecule has 4 heterocycles. The Morgan fingerprint density at radius 2 is 2.00 bits per heavy atom. The maximum Gasteiger partial charge on any atom is 0.273 e. The zero-order valence-corrected chi connectivity index (χ0v) is 23.3. The van der Waals surface area contributed by atoms with Crippen LogP contribution in [0.2, 0.25) is 5.02 Å². The first kappa shape index (κ1) is 25.8. The molecular formula is C29H28ClFN8O2. The van der Waals surface area contributed by atoms with Crippen LogP contribution in [0.25, 0.3) is 5.69 Å². The summed E-state index contributed by atoms with van der Waals surface area (Å²) in [7, 11) is 0. The highest BCUT2D eigenvalue weighted by atomic mass is 35.5. The second kappa shape index (κ2) is 9.76. The number of hydrogen-bond acceptors (Lipinski definition) is 6. The first-order valence-corrected chi connectivity index (χ1v) is 14.1. The molecule has 3 aliphatic rings. The molecule has 1 N–H and O–H groups in total. The SMILES string of the molecule is Cc1cc(N2C[C@H]3C[C@H]3C2=O)ncc1C(C)n1cc(C(=O)NC2CC(c3cc(Cl)ccc3-n3cc(F)cn3)C2)nn1. The largest absolute Gasteiger partial charge is 0.348 e. The molecular weight excluding hydrogens is 547 g/mol. The number of nitrogens with zero attached hydrogens (tertiary/aromatic N) is 7. The van der Waals surface area contributed by atoms with Crippen LogP contribution in [0.5, 0.6) is 0 Å². The standard InChI is InChI=1S/C29H28ClFN8O2/c1-15-5-27(37-12-18-8-23(18)29(37)41)32-11-24(15)16(2)38-14-25(35-36-38)28(40)34-21-6-17(7-21)22-9-19(30)3-4-26(22)39-13-20(31)10-33-39/h3-5,9-11,13-14,16-18,21,23H,6-8,12H2,1-2H3,(H,34,40)/t16?,17?,18-,21?,23-/m1/s1. The van der Waals surface area contributed by atoms with Crippen molar-refractivity contribution in [1.29, 1.82) is 0 Å². The van der Waals surface area contributed by atoms with Gasteiger partial charge in [0.15, 0.2) is 11.5 Å². The lowest BCUT2D eigenvalue weighted by Gasteiger charge is -2.37. The molecule has 0 spiro atoms. The summed E-state index contributed by atoms with van der Waals surface area (Å²) in [6.07, 6.45) is 8.35. The first-order chi connectivity index (χ1) is 19.7. The zero-order chi connectivity index (χ0) is 28.4. The van der Waals surface area contributed by atoms with Crippen molar-refractivity contribution in [2.45, 2.75) is 51.1 Å². The summed E-state index contributed by atoms with van der Waals surface area (Å²) < 4.78 is 16.7. The van der Waals surface area contributed by atoms with E-state index in [4.69, 9.17) is 11.6 Å². The summed E-state index contributed by atoms with van der Waals surface area (Å²) in [5, 5.41) is 16.1. The van der Waals surface area contributed by atoms with Crippen LogP contribution in [0.1, 0.15) is 65.3 Å². The number of amides is 2. The van der Waals surface area contributed by atoms with Gasteiger partial charge >= 0.3 is 0 Å². The summed E-state index contributed by atoms with van der Waals surface area (Å²) in [6, 6.07) is 7.17. The Balaban J connectivity index is 0.989. The van der Waals surface area contributed by atoms with Gasteiger partial charge in [-0.15, -0.1) is 5.10 Å². The van der Waals surface area contributed by atoms with Crippen molar-refractivity contribution < 1.29 is 14.0 Å². The van der Waals surface area contributed by atoms with Crippen LogP contribution in [0.3, 0.4) is 0 Å². The van der Waals surface area contributed by atoms with Crippen molar-refractivity contribution in [3.05, 3.63) is 82.3 Å². The van der Waals surface area contributed by atoms with Crippen LogP contribution in [0, 0.1) is 24.6 Å². The molecule has 2 saturated carbocycles. The summed E-state index contributed by atoms with van der Waals surface area (Å²) >= 11 is 6.26. The topological polar surface area (TPSA) is 111 Å². The number of halogens is 2. The number of pyridine rings is 1. The van der Waals surface area contributed by atoms with Gasteiger partial charge in [-0.2, -0.15) is 5.10 Å². The quantitative estimate of drug-likeness (QED) is 0.354. The van der Waals surface area contributed by atoms with Gasteiger partial charge in [0.05, 0.1) is 30.3 Å². The second-order valence-electron chi connectivity index (χ2n) is 11.4. The minimum Gasteiger partial charge on any atom is -0.348 e. The Labute approximate surface area is 240 Å². The van der Waals surface area contributed by atoms with Crippen molar-refractivity contribution in [1.82, 2.24) is 35.1 Å². The van der Waals surface area contributed by atoms with Crippen LogP contribution in [-0.2, 0) is 4.79 Å². The van der Waals surface area contributed by atoms with Crippen LogP contribution in [0.15, 0.2) is 49.1 Å². The van der Waals surface area contributed by atoms with Crippen LogP contribution in [-0.4, -0.2) is 54.2 Å². The van der Waals surface area contributed by atoms with Gasteiger partial charge in [-0.05, 0) is 85.9 Å². The minimum atomic E-state index is -0.412. The molecule has 3 atom stereocenters. The maximum absolute atomic E-state index is 13.6. The molecule has 12 heteroatoms. The molecule has 0 bridgehead atoms. The van der Waals surface area contributed by atoms with E-state index in [0.717, 1.165) is 35.3 Å². The van der Waals surface area contributed by atoms with E-state index in [0.29, 0.717) is 29.6 Å². The third-order valence-corrected chi connectivity index (χ3v) is 8.86. The molecule has 3 aromatic heterocycles. The number of aromatic nitrogens is 6. The first-order valence-electron chi connectivity index (χ1n) is 13.8. The van der Waals surface area contributed by atoms with Crippen molar-refractivity contribution in [3.8, 4) is 5.69 Å². The van der Waals surface area contributed by atoms with E-state index in [9.17, 15) is 14.0 Å². The fraction of sp³-hybridized carbons (Fsp3) is 0.379. The molecule has 1 unspecified atom stereocenters. The Hall–Kier alpha value is -4.12. The van der Waals surface area contributed by atoms with Gasteiger partial charge in [0.25, 0.3) is 5.91 Å². The van der Waals surface area contributed by atoms with Gasteiger partial charge in [0, 0.05) is 29.7 Å². The molecule has 1 aromatic carbocycles. The Morgan fingerprint density at radius 3 is 2.71 bits per heavy atom. The fourth-order valence-electron chi connectivity index (χ4n) is 6.07. The van der Waals surface area contributed by atoms with Gasteiger partial charge in [-0.25, -0.2) is 18.7 Å². The molecule has 210 valence electrons. The highest BCUT2D eigenvalue weighted by molar-refractivity contribution is 6.30. The number of benzene rings is 1. The number of piperidine rings is 1. The van der Waals surface area contributed by atoms with Crippen molar-refractivity contribution >= 4 is 29.2 Å². The fourth-order valence-corrected chi connectivity index (χ4v) is 6.26. The number of carbonyl (C=O) groups is 2. The summed E-state index contributed by atoms with van der Waals surface area (Å²) in [4.78, 5) is 31.8. The number of rotatable bonds is 7. The zero-order valence-electron chi connectivity index (χ0n) is 22.5. The van der Waals surface area contributed by atoms with Crippen LogP contribution < -0.4 is 10.2 Å². The van der Waals surface area contributed by atoms with E-state index in [-0.39, 0.29) is 41.4 Å². The smallest absolute Gasteiger partial charge is 0.273 e. The number of nitrogens with one attached hydrogen (secondary N) is 1. The van der Waals surface area contributed by atoms with Crippen LogP contribution in [0.4, 0.5) is 10.2 Å². The molecule has 7 rings (SSSR count).